The van der Waals surface area contributed by atoms with Gasteiger partial charge in [0.05, 0.1) is 6.54 Å². The third-order valence-corrected chi connectivity index (χ3v) is 4.49. The summed E-state index contributed by atoms with van der Waals surface area (Å²) in [7, 11) is 0. The number of aromatic nitrogens is 4. The van der Waals surface area contributed by atoms with Gasteiger partial charge in [-0.25, -0.2) is 4.98 Å². The lowest BCUT2D eigenvalue weighted by atomic mass is 10.3. The van der Waals surface area contributed by atoms with Gasteiger partial charge in [0.1, 0.15) is 33.8 Å². The Hall–Kier alpha value is -3.07. The fourth-order valence-electron chi connectivity index (χ4n) is 2.09. The molecule has 1 amide bonds. The van der Waals surface area contributed by atoms with Gasteiger partial charge in [-0.2, -0.15) is 0 Å². The molecule has 9 heteroatoms. The molecule has 3 aromatic rings. The molecule has 2 heterocycles. The molecule has 0 bridgehead atoms. The predicted octanol–water partition coefficient (Wildman–Crippen LogP) is 1.69. The second kappa shape index (κ2) is 8.34. The zero-order valence-corrected chi connectivity index (χ0v) is 14.9. The van der Waals surface area contributed by atoms with E-state index in [0.717, 1.165) is 11.4 Å². The van der Waals surface area contributed by atoms with Crippen LogP contribution in [-0.2, 0) is 19.6 Å². The van der Waals surface area contributed by atoms with E-state index in [-0.39, 0.29) is 18.7 Å². The molecule has 0 aliphatic heterocycles. The summed E-state index contributed by atoms with van der Waals surface area (Å²) in [5, 5.41) is 12.2. The fraction of sp³-hybridized carbons (Fsp3) is 0.235. The average molecular weight is 371 g/mol. The first-order valence-corrected chi connectivity index (χ1v) is 8.83. The molecule has 2 aromatic heterocycles. The maximum atomic E-state index is 12.2. The number of aryl methyl sites for hydroxylation is 1. The van der Waals surface area contributed by atoms with Crippen LogP contribution in [0.25, 0.3) is 0 Å². The topological polar surface area (TPSA) is 110 Å². The molecule has 0 atom stereocenters. The van der Waals surface area contributed by atoms with Gasteiger partial charge in [-0.1, -0.05) is 36.5 Å². The zero-order chi connectivity index (χ0) is 18.4. The maximum Gasteiger partial charge on any atom is 0.263 e. The molecule has 0 aliphatic rings. The van der Waals surface area contributed by atoms with Gasteiger partial charge in [-0.3, -0.25) is 9.59 Å². The summed E-state index contributed by atoms with van der Waals surface area (Å²) >= 11 is 1.43. The lowest BCUT2D eigenvalue weighted by molar-refractivity contribution is 0.0948. The SMILES string of the molecule is CCc1nnc(CNC(=O)c2cnc(COc3ccccc3)[nH]c2=O)s1. The minimum Gasteiger partial charge on any atom is -0.486 e. The van der Waals surface area contributed by atoms with Crippen molar-refractivity contribution in [2.45, 2.75) is 26.5 Å². The van der Waals surface area contributed by atoms with Crippen LogP contribution < -0.4 is 15.6 Å². The van der Waals surface area contributed by atoms with Crippen molar-refractivity contribution in [1.82, 2.24) is 25.5 Å². The number of carbonyl (C=O) groups excluding carboxylic acids is 1. The normalized spacial score (nSPS) is 10.5. The van der Waals surface area contributed by atoms with Gasteiger partial charge in [0.15, 0.2) is 0 Å². The van der Waals surface area contributed by atoms with Crippen molar-refractivity contribution in [3.05, 3.63) is 68.3 Å². The van der Waals surface area contributed by atoms with Crippen LogP contribution >= 0.6 is 11.3 Å². The molecule has 3 rings (SSSR count). The van der Waals surface area contributed by atoms with Crippen molar-refractivity contribution >= 4 is 17.2 Å². The number of aromatic amines is 1. The first-order chi connectivity index (χ1) is 12.7. The second-order valence-corrected chi connectivity index (χ2v) is 6.45. The summed E-state index contributed by atoms with van der Waals surface area (Å²) in [6.45, 7) is 2.30. The number of nitrogens with zero attached hydrogens (tertiary/aromatic N) is 3. The number of para-hydroxylation sites is 1. The van der Waals surface area contributed by atoms with Crippen LogP contribution in [0, 0.1) is 0 Å². The molecule has 0 fully saturated rings. The predicted molar refractivity (Wildman–Crippen MR) is 96.1 cm³/mol. The van der Waals surface area contributed by atoms with Crippen molar-refractivity contribution in [3.63, 3.8) is 0 Å². The Morgan fingerprint density at radius 1 is 1.23 bits per heavy atom. The summed E-state index contributed by atoms with van der Waals surface area (Å²) in [6.07, 6.45) is 2.04. The van der Waals surface area contributed by atoms with Crippen LogP contribution in [-0.4, -0.2) is 26.1 Å². The number of amides is 1. The van der Waals surface area contributed by atoms with E-state index in [2.05, 4.69) is 25.5 Å². The van der Waals surface area contributed by atoms with Crippen LogP contribution in [0.1, 0.15) is 33.1 Å². The minimum atomic E-state index is -0.518. The van der Waals surface area contributed by atoms with E-state index in [1.165, 1.54) is 17.5 Å². The van der Waals surface area contributed by atoms with Crippen molar-refractivity contribution in [2.24, 2.45) is 0 Å². The summed E-state index contributed by atoms with van der Waals surface area (Å²) in [6, 6.07) is 9.18. The number of hydrogen-bond donors (Lipinski definition) is 2. The summed E-state index contributed by atoms with van der Waals surface area (Å²) in [5.74, 6) is 0.495. The second-order valence-electron chi connectivity index (χ2n) is 5.30. The maximum absolute atomic E-state index is 12.2. The van der Waals surface area contributed by atoms with Gasteiger partial charge >= 0.3 is 0 Å². The quantitative estimate of drug-likeness (QED) is 0.654. The van der Waals surface area contributed by atoms with E-state index < -0.39 is 11.5 Å². The number of rotatable bonds is 7. The molecule has 0 spiro atoms. The number of benzene rings is 1. The van der Waals surface area contributed by atoms with Crippen LogP contribution in [0.5, 0.6) is 5.75 Å². The van der Waals surface area contributed by atoms with Crippen LogP contribution in [0.3, 0.4) is 0 Å². The zero-order valence-electron chi connectivity index (χ0n) is 14.1. The lowest BCUT2D eigenvalue weighted by Gasteiger charge is -2.06. The number of H-pyrrole nitrogens is 1. The monoisotopic (exact) mass is 371 g/mol. The molecule has 0 aliphatic carbocycles. The molecule has 0 saturated heterocycles. The van der Waals surface area contributed by atoms with E-state index in [4.69, 9.17) is 4.74 Å². The third kappa shape index (κ3) is 4.51. The van der Waals surface area contributed by atoms with E-state index in [0.29, 0.717) is 16.6 Å². The molecule has 0 unspecified atom stereocenters. The fourth-order valence-corrected chi connectivity index (χ4v) is 2.81. The van der Waals surface area contributed by atoms with Crippen molar-refractivity contribution in [2.75, 3.05) is 0 Å². The average Bonchev–Trinajstić information content (AvgIpc) is 3.13. The van der Waals surface area contributed by atoms with Gasteiger partial charge in [0, 0.05) is 6.20 Å². The van der Waals surface area contributed by atoms with Gasteiger partial charge in [0.2, 0.25) is 0 Å². The molecule has 0 saturated carbocycles. The third-order valence-electron chi connectivity index (χ3n) is 3.43. The molecule has 8 nitrogen and oxygen atoms in total. The number of hydrogen-bond acceptors (Lipinski definition) is 7. The highest BCUT2D eigenvalue weighted by Gasteiger charge is 2.13. The minimum absolute atomic E-state index is 0.0614. The number of nitrogens with one attached hydrogen (secondary N) is 2. The van der Waals surface area contributed by atoms with Crippen LogP contribution in [0.2, 0.25) is 0 Å². The van der Waals surface area contributed by atoms with E-state index in [1.807, 2.05) is 25.1 Å². The Morgan fingerprint density at radius 2 is 2.00 bits per heavy atom. The van der Waals surface area contributed by atoms with Crippen LogP contribution in [0.4, 0.5) is 0 Å². The molecule has 1 aromatic carbocycles. The molecular weight excluding hydrogens is 354 g/mol. The lowest BCUT2D eigenvalue weighted by Crippen LogP contribution is -2.30. The number of ether oxygens (including phenoxy) is 1. The van der Waals surface area contributed by atoms with Gasteiger partial charge in [-0.05, 0) is 18.6 Å². The largest absolute Gasteiger partial charge is 0.486 e. The van der Waals surface area contributed by atoms with E-state index in [1.54, 1.807) is 12.1 Å². The Morgan fingerprint density at radius 3 is 2.69 bits per heavy atom. The molecule has 0 radical (unpaired) electrons. The Kier molecular flexibility index (Phi) is 5.69. The van der Waals surface area contributed by atoms with Crippen molar-refractivity contribution in [3.8, 4) is 5.75 Å². The van der Waals surface area contributed by atoms with Gasteiger partial charge < -0.3 is 15.0 Å². The number of carbonyl (C=O) groups is 1. The van der Waals surface area contributed by atoms with E-state index in [9.17, 15) is 9.59 Å². The summed E-state index contributed by atoms with van der Waals surface area (Å²) in [5.41, 5.74) is -0.579. The van der Waals surface area contributed by atoms with Gasteiger partial charge in [-0.15, -0.1) is 10.2 Å². The smallest absolute Gasteiger partial charge is 0.263 e. The highest BCUT2D eigenvalue weighted by atomic mass is 32.1. The van der Waals surface area contributed by atoms with Gasteiger partial charge in [0.25, 0.3) is 11.5 Å². The Labute approximate surface area is 153 Å². The Balaban J connectivity index is 1.59. The first kappa shape index (κ1) is 17.7. The molecule has 2 N–H and O–H groups in total. The molecule has 26 heavy (non-hydrogen) atoms. The standard InChI is InChI=1S/C17H17N5O3S/c1-2-14-21-22-15(26-14)9-19-16(23)12-8-18-13(20-17(12)24)10-25-11-6-4-3-5-7-11/h3-8H,2,9-10H2,1H3,(H,19,23)(H,18,20,24). The highest BCUT2D eigenvalue weighted by Crippen LogP contribution is 2.10. The van der Waals surface area contributed by atoms with E-state index >= 15 is 0 Å². The molecule has 134 valence electrons. The first-order valence-electron chi connectivity index (χ1n) is 8.01. The summed E-state index contributed by atoms with van der Waals surface area (Å²) in [4.78, 5) is 30.9. The van der Waals surface area contributed by atoms with Crippen molar-refractivity contribution in [1.29, 1.82) is 0 Å². The Bertz CT molecular complexity index is 939. The highest BCUT2D eigenvalue weighted by molar-refractivity contribution is 7.11. The van der Waals surface area contributed by atoms with Crippen molar-refractivity contribution < 1.29 is 9.53 Å². The van der Waals surface area contributed by atoms with Crippen LogP contribution in [0.15, 0.2) is 41.3 Å². The molecular formula is C17H17N5O3S. The summed E-state index contributed by atoms with van der Waals surface area (Å²) < 4.78 is 5.52.